The number of aliphatic hydroxyl groups is 1. The van der Waals surface area contributed by atoms with E-state index in [0.29, 0.717) is 29.2 Å². The highest BCUT2D eigenvalue weighted by Gasteiger charge is 2.43. The van der Waals surface area contributed by atoms with E-state index in [-0.39, 0.29) is 24.7 Å². The van der Waals surface area contributed by atoms with Crippen LogP contribution in [0.3, 0.4) is 0 Å². The monoisotopic (exact) mass is 389 g/mol. The zero-order valence-electron chi connectivity index (χ0n) is 15.4. The van der Waals surface area contributed by atoms with Gasteiger partial charge in [-0.25, -0.2) is 4.79 Å². The molecule has 2 aromatic rings. The summed E-state index contributed by atoms with van der Waals surface area (Å²) in [5.74, 6) is 1.82. The van der Waals surface area contributed by atoms with Crippen LogP contribution in [0, 0.1) is 0 Å². The van der Waals surface area contributed by atoms with E-state index < -0.39 is 6.09 Å². The molecule has 0 spiro atoms. The van der Waals surface area contributed by atoms with Gasteiger partial charge in [0.2, 0.25) is 11.8 Å². The van der Waals surface area contributed by atoms with Gasteiger partial charge < -0.3 is 30.5 Å². The van der Waals surface area contributed by atoms with Gasteiger partial charge in [-0.05, 0) is 25.7 Å². The number of amides is 1. The Bertz CT molecular complexity index is 844. The lowest BCUT2D eigenvalue weighted by molar-refractivity contribution is 0.0993. The normalized spacial score (nSPS) is 23.5. The minimum Gasteiger partial charge on any atom is -0.481 e. The number of fused-ring (bicyclic) bond motifs is 2. The summed E-state index contributed by atoms with van der Waals surface area (Å²) >= 11 is 0. The van der Waals surface area contributed by atoms with E-state index in [1.807, 2.05) is 0 Å². The maximum absolute atomic E-state index is 11.4. The van der Waals surface area contributed by atoms with Crippen molar-refractivity contribution < 1.29 is 19.7 Å². The first kappa shape index (κ1) is 18.3. The van der Waals surface area contributed by atoms with Crippen LogP contribution in [-0.4, -0.2) is 66.6 Å². The second-order valence-corrected chi connectivity index (χ2v) is 7.07. The first-order valence-corrected chi connectivity index (χ1v) is 9.18. The fourth-order valence-corrected chi connectivity index (χ4v) is 4.09. The lowest BCUT2D eigenvalue weighted by atomic mass is 9.98. The Morgan fingerprint density at radius 3 is 2.64 bits per heavy atom. The summed E-state index contributed by atoms with van der Waals surface area (Å²) in [7, 11) is 1.53. The van der Waals surface area contributed by atoms with E-state index in [4.69, 9.17) is 9.84 Å². The molecule has 2 aromatic heterocycles. The van der Waals surface area contributed by atoms with Crippen molar-refractivity contribution in [3.63, 3.8) is 0 Å². The summed E-state index contributed by atoms with van der Waals surface area (Å²) < 4.78 is 5.27. The molecule has 2 bridgehead atoms. The number of nitrogens with one attached hydrogen (secondary N) is 3. The number of hydrogen-bond donors (Lipinski definition) is 5. The predicted octanol–water partition coefficient (Wildman–Crippen LogP) is 1.53. The van der Waals surface area contributed by atoms with Gasteiger partial charge in [-0.2, -0.15) is 15.1 Å². The van der Waals surface area contributed by atoms with E-state index in [2.05, 4.69) is 30.8 Å². The van der Waals surface area contributed by atoms with Crippen molar-refractivity contribution in [2.75, 3.05) is 17.7 Å². The molecule has 2 aliphatic rings. The number of hydrogen-bond acceptors (Lipinski definition) is 8. The molecule has 3 atom stereocenters. The van der Waals surface area contributed by atoms with Crippen LogP contribution in [-0.2, 0) is 6.61 Å². The standard InChI is InChI=1S/C17H23N7O4/c1-28-15-7-13(19-14-6-10(8-25)22-23-14)20-16(21-15)18-9-4-11-2-3-12(5-9)24(11)17(26)27/h6-7,9,11-12,25H,2-5,8H2,1H3,(H,26,27)(H3,18,19,20,21,22,23)/t9-,11+,12-. The van der Waals surface area contributed by atoms with Crippen molar-refractivity contribution in [1.29, 1.82) is 0 Å². The average Bonchev–Trinajstić information content (AvgIpc) is 3.23. The number of methoxy groups -OCH3 is 1. The summed E-state index contributed by atoms with van der Waals surface area (Å²) in [6.45, 7) is -0.133. The largest absolute Gasteiger partial charge is 0.481 e. The highest BCUT2D eigenvalue weighted by atomic mass is 16.5. The minimum atomic E-state index is -0.837. The Kier molecular flexibility index (Phi) is 4.90. The zero-order chi connectivity index (χ0) is 19.7. The summed E-state index contributed by atoms with van der Waals surface area (Å²) in [4.78, 5) is 21.9. The van der Waals surface area contributed by atoms with E-state index >= 15 is 0 Å². The van der Waals surface area contributed by atoms with Crippen LogP contribution in [0.5, 0.6) is 5.88 Å². The van der Waals surface area contributed by atoms with Crippen molar-refractivity contribution >= 4 is 23.7 Å². The first-order chi connectivity index (χ1) is 13.6. The molecular formula is C17H23N7O4. The van der Waals surface area contributed by atoms with Crippen LogP contribution in [0.2, 0.25) is 0 Å². The zero-order valence-corrected chi connectivity index (χ0v) is 15.4. The molecule has 11 nitrogen and oxygen atoms in total. The molecule has 2 aliphatic heterocycles. The van der Waals surface area contributed by atoms with E-state index in [1.54, 1.807) is 17.0 Å². The Balaban J connectivity index is 1.48. The Hall–Kier alpha value is -3.08. The number of aliphatic hydroxyl groups excluding tert-OH is 1. The van der Waals surface area contributed by atoms with Gasteiger partial charge >= 0.3 is 6.09 Å². The lowest BCUT2D eigenvalue weighted by Crippen LogP contribution is -2.49. The van der Waals surface area contributed by atoms with E-state index in [9.17, 15) is 9.90 Å². The van der Waals surface area contributed by atoms with Crippen LogP contribution in [0.25, 0.3) is 0 Å². The van der Waals surface area contributed by atoms with Crippen LogP contribution in [0.4, 0.5) is 22.4 Å². The van der Waals surface area contributed by atoms with Crippen LogP contribution >= 0.6 is 0 Å². The quantitative estimate of drug-likeness (QED) is 0.496. The number of carbonyl (C=O) groups is 1. The van der Waals surface area contributed by atoms with Crippen molar-refractivity contribution in [3.05, 3.63) is 17.8 Å². The topological polar surface area (TPSA) is 149 Å². The van der Waals surface area contributed by atoms with Gasteiger partial charge in [0.1, 0.15) is 5.82 Å². The van der Waals surface area contributed by atoms with Crippen LogP contribution in [0.1, 0.15) is 31.4 Å². The van der Waals surface area contributed by atoms with Gasteiger partial charge in [0.25, 0.3) is 0 Å². The number of piperidine rings is 1. The molecule has 0 aromatic carbocycles. The highest BCUT2D eigenvalue weighted by Crippen LogP contribution is 2.36. The van der Waals surface area contributed by atoms with Crippen molar-refractivity contribution in [3.8, 4) is 5.88 Å². The van der Waals surface area contributed by atoms with Gasteiger partial charge in [0.05, 0.1) is 19.4 Å². The summed E-state index contributed by atoms with van der Waals surface area (Å²) in [6, 6.07) is 3.51. The van der Waals surface area contributed by atoms with Crippen molar-refractivity contribution in [2.45, 2.75) is 50.4 Å². The predicted molar refractivity (Wildman–Crippen MR) is 99.7 cm³/mol. The van der Waals surface area contributed by atoms with Crippen LogP contribution in [0.15, 0.2) is 12.1 Å². The van der Waals surface area contributed by atoms with Gasteiger partial charge in [0, 0.05) is 30.3 Å². The summed E-state index contributed by atoms with van der Waals surface area (Å²) in [5.41, 5.74) is 0.586. The molecule has 28 heavy (non-hydrogen) atoms. The molecule has 1 amide bonds. The number of rotatable bonds is 6. The number of H-pyrrole nitrogens is 1. The molecule has 0 radical (unpaired) electrons. The number of carboxylic acid groups (broad SMARTS) is 1. The number of ether oxygens (including phenoxy) is 1. The third-order valence-electron chi connectivity index (χ3n) is 5.26. The number of aromatic amines is 1. The fourth-order valence-electron chi connectivity index (χ4n) is 4.09. The number of nitrogens with zero attached hydrogens (tertiary/aromatic N) is 4. The first-order valence-electron chi connectivity index (χ1n) is 9.18. The minimum absolute atomic E-state index is 0.0397. The SMILES string of the molecule is COc1cc(Nc2cc(CO)[nH]n2)nc(N[C@H]2C[C@H]3CC[C@@H](C2)N3C(=O)O)n1. The molecule has 4 heterocycles. The molecule has 150 valence electrons. The van der Waals surface area contributed by atoms with Crippen molar-refractivity contribution in [1.82, 2.24) is 25.1 Å². The van der Waals surface area contributed by atoms with E-state index in [0.717, 1.165) is 25.7 Å². The Morgan fingerprint density at radius 2 is 2.04 bits per heavy atom. The van der Waals surface area contributed by atoms with Gasteiger partial charge in [0.15, 0.2) is 5.82 Å². The van der Waals surface area contributed by atoms with Crippen molar-refractivity contribution in [2.24, 2.45) is 0 Å². The number of anilines is 3. The summed E-state index contributed by atoms with van der Waals surface area (Å²) in [5, 5.41) is 31.7. The summed E-state index contributed by atoms with van der Waals surface area (Å²) in [6.07, 6.45) is 2.41. The van der Waals surface area contributed by atoms with Gasteiger partial charge in [-0.1, -0.05) is 0 Å². The molecule has 11 heteroatoms. The molecule has 4 rings (SSSR count). The van der Waals surface area contributed by atoms with E-state index in [1.165, 1.54) is 7.11 Å². The molecule has 2 saturated heterocycles. The third kappa shape index (κ3) is 3.65. The molecule has 5 N–H and O–H groups in total. The molecule has 0 aliphatic carbocycles. The molecule has 0 saturated carbocycles. The van der Waals surface area contributed by atoms with Crippen LogP contribution < -0.4 is 15.4 Å². The highest BCUT2D eigenvalue weighted by molar-refractivity contribution is 5.66. The second kappa shape index (κ2) is 7.50. The maximum Gasteiger partial charge on any atom is 0.407 e. The number of aromatic nitrogens is 4. The Labute approximate surface area is 161 Å². The third-order valence-corrected chi connectivity index (χ3v) is 5.26. The van der Waals surface area contributed by atoms with Gasteiger partial charge in [-0.15, -0.1) is 0 Å². The smallest absolute Gasteiger partial charge is 0.407 e. The second-order valence-electron chi connectivity index (χ2n) is 7.07. The maximum atomic E-state index is 11.4. The lowest BCUT2D eigenvalue weighted by Gasteiger charge is -2.37. The molecule has 2 fully saturated rings. The Morgan fingerprint density at radius 1 is 1.29 bits per heavy atom. The van der Waals surface area contributed by atoms with Gasteiger partial charge in [-0.3, -0.25) is 5.10 Å². The fraction of sp³-hybridized carbons (Fsp3) is 0.529. The molecule has 0 unspecified atom stereocenters. The average molecular weight is 389 g/mol. The molecular weight excluding hydrogens is 366 g/mol.